The van der Waals surface area contributed by atoms with E-state index in [-0.39, 0.29) is 16.8 Å². The van der Waals surface area contributed by atoms with Crippen LogP contribution < -0.4 is 19.5 Å². The molecule has 2 heterocycles. The molecule has 1 aliphatic rings. The zero-order valence-electron chi connectivity index (χ0n) is 17.8. The summed E-state index contributed by atoms with van der Waals surface area (Å²) in [6.07, 6.45) is 0. The monoisotopic (exact) mass is 447 g/mol. The highest BCUT2D eigenvalue weighted by atomic mass is 16.6. The Labute approximate surface area is 186 Å². The third kappa shape index (κ3) is 2.88. The Morgan fingerprint density at radius 2 is 1.58 bits per heavy atom. The third-order valence-corrected chi connectivity index (χ3v) is 5.74. The third-order valence-electron chi connectivity index (χ3n) is 5.74. The number of nitrogens with zero attached hydrogens (tertiary/aromatic N) is 1. The Balaban J connectivity index is 1.95. The van der Waals surface area contributed by atoms with Crippen LogP contribution in [0, 0.1) is 10.1 Å². The van der Waals surface area contributed by atoms with Gasteiger partial charge in [0.15, 0.2) is 11.5 Å². The van der Waals surface area contributed by atoms with E-state index in [1.54, 1.807) is 24.3 Å². The van der Waals surface area contributed by atoms with Crippen molar-refractivity contribution in [3.05, 3.63) is 57.6 Å². The van der Waals surface area contributed by atoms with Gasteiger partial charge in [-0.25, -0.2) is 0 Å². The predicted molar refractivity (Wildman–Crippen MR) is 119 cm³/mol. The van der Waals surface area contributed by atoms with E-state index >= 15 is 0 Å². The van der Waals surface area contributed by atoms with Crippen LogP contribution in [0.25, 0.3) is 32.9 Å². The number of aromatic amines is 1. The van der Waals surface area contributed by atoms with E-state index in [0.29, 0.717) is 50.2 Å². The van der Waals surface area contributed by atoms with Gasteiger partial charge in [-0.1, -0.05) is 0 Å². The number of carbonyl (C=O) groups excluding carboxylic acids is 2. The number of aromatic nitrogens is 1. The standard InChI is InChI=1S/C23H17N3O7/c1-31-16-6-10(7-17(32-2)21(16)33-3)12-9-14-19(23(28)25-22(14)27)20-18(12)13-8-11(26(29)30)4-5-15(13)24-20/h4-9,24H,1-3H3,(H,25,27,28). The Kier molecular flexibility index (Phi) is 4.45. The average molecular weight is 447 g/mol. The molecule has 2 N–H and O–H groups in total. The molecule has 33 heavy (non-hydrogen) atoms. The maximum atomic E-state index is 12.6. The maximum Gasteiger partial charge on any atom is 0.270 e. The van der Waals surface area contributed by atoms with Crippen LogP contribution in [0.3, 0.4) is 0 Å². The Hall–Kier alpha value is -4.60. The first kappa shape index (κ1) is 20.3. The number of fused-ring (bicyclic) bond motifs is 5. The van der Waals surface area contributed by atoms with E-state index in [1.165, 1.54) is 33.5 Å². The van der Waals surface area contributed by atoms with Crippen LogP contribution in [0.15, 0.2) is 36.4 Å². The van der Waals surface area contributed by atoms with Crippen molar-refractivity contribution in [2.24, 2.45) is 0 Å². The number of non-ortho nitro benzene ring substituents is 1. The van der Waals surface area contributed by atoms with Gasteiger partial charge in [0, 0.05) is 28.4 Å². The van der Waals surface area contributed by atoms with Crippen molar-refractivity contribution in [3.63, 3.8) is 0 Å². The molecule has 0 unspecified atom stereocenters. The number of imide groups is 1. The number of nitro groups is 1. The van der Waals surface area contributed by atoms with Crippen LogP contribution in [-0.4, -0.2) is 43.1 Å². The molecule has 0 aliphatic carbocycles. The second-order valence-corrected chi connectivity index (χ2v) is 7.41. The number of nitrogens with one attached hydrogen (secondary N) is 2. The van der Waals surface area contributed by atoms with Crippen LogP contribution >= 0.6 is 0 Å². The summed E-state index contributed by atoms with van der Waals surface area (Å²) in [5, 5.41) is 14.8. The topological polar surface area (TPSA) is 133 Å². The van der Waals surface area contributed by atoms with Crippen molar-refractivity contribution in [2.75, 3.05) is 21.3 Å². The first-order valence-electron chi connectivity index (χ1n) is 9.80. The van der Waals surface area contributed by atoms with Gasteiger partial charge in [-0.2, -0.15) is 0 Å². The summed E-state index contributed by atoms with van der Waals surface area (Å²) >= 11 is 0. The Morgan fingerprint density at radius 3 is 2.18 bits per heavy atom. The number of benzene rings is 3. The van der Waals surface area contributed by atoms with E-state index < -0.39 is 16.7 Å². The normalized spacial score (nSPS) is 12.7. The lowest BCUT2D eigenvalue weighted by Gasteiger charge is -2.15. The number of H-pyrrole nitrogens is 1. The minimum absolute atomic E-state index is 0.0970. The van der Waals surface area contributed by atoms with Crippen molar-refractivity contribution in [1.82, 2.24) is 10.3 Å². The van der Waals surface area contributed by atoms with Gasteiger partial charge in [0.25, 0.3) is 17.5 Å². The van der Waals surface area contributed by atoms with E-state index in [0.717, 1.165) is 0 Å². The smallest absolute Gasteiger partial charge is 0.270 e. The molecule has 0 saturated carbocycles. The molecule has 0 fully saturated rings. The molecule has 0 bridgehead atoms. The second kappa shape index (κ2) is 7.23. The number of hydrogen-bond donors (Lipinski definition) is 2. The molecule has 10 heteroatoms. The van der Waals surface area contributed by atoms with E-state index in [9.17, 15) is 19.7 Å². The molecule has 0 radical (unpaired) electrons. The summed E-state index contributed by atoms with van der Waals surface area (Å²) in [6, 6.07) is 9.43. The Bertz CT molecular complexity index is 1500. The van der Waals surface area contributed by atoms with Crippen molar-refractivity contribution < 1.29 is 28.7 Å². The van der Waals surface area contributed by atoms with Gasteiger partial charge < -0.3 is 19.2 Å². The lowest BCUT2D eigenvalue weighted by atomic mass is 9.93. The summed E-state index contributed by atoms with van der Waals surface area (Å²) in [6.45, 7) is 0. The number of nitro benzene ring substituents is 1. The molecule has 0 spiro atoms. The van der Waals surface area contributed by atoms with Gasteiger partial charge in [0.1, 0.15) is 0 Å². The maximum absolute atomic E-state index is 12.6. The molecule has 10 nitrogen and oxygen atoms in total. The molecule has 1 aromatic heterocycles. The SMILES string of the molecule is COc1cc(-c2cc3c(c4[nH]c5ccc([N+](=O)[O-])cc5c24)C(=O)NC3=O)cc(OC)c1OC. The Morgan fingerprint density at radius 1 is 0.879 bits per heavy atom. The van der Waals surface area contributed by atoms with E-state index in [1.807, 2.05) is 0 Å². The van der Waals surface area contributed by atoms with Crippen molar-refractivity contribution in [1.29, 1.82) is 0 Å². The summed E-state index contributed by atoms with van der Waals surface area (Å²) in [4.78, 5) is 39.2. The molecular formula is C23H17N3O7. The zero-order chi connectivity index (χ0) is 23.4. The lowest BCUT2D eigenvalue weighted by molar-refractivity contribution is -0.384. The fourth-order valence-corrected chi connectivity index (χ4v) is 4.30. The highest BCUT2D eigenvalue weighted by molar-refractivity contribution is 6.30. The number of methoxy groups -OCH3 is 3. The predicted octanol–water partition coefficient (Wildman–Crippen LogP) is 3.81. The van der Waals surface area contributed by atoms with Crippen LogP contribution in [0.1, 0.15) is 20.7 Å². The van der Waals surface area contributed by atoms with Gasteiger partial charge >= 0.3 is 0 Å². The highest BCUT2D eigenvalue weighted by Crippen LogP contribution is 2.45. The van der Waals surface area contributed by atoms with Crippen LogP contribution in [0.5, 0.6) is 17.2 Å². The quantitative estimate of drug-likeness (QED) is 0.270. The number of rotatable bonds is 5. The van der Waals surface area contributed by atoms with Gasteiger partial charge in [-0.15, -0.1) is 0 Å². The molecule has 5 rings (SSSR count). The second-order valence-electron chi connectivity index (χ2n) is 7.41. The summed E-state index contributed by atoms with van der Waals surface area (Å²) < 4.78 is 16.3. The molecule has 4 aromatic rings. The molecule has 2 amide bonds. The summed E-state index contributed by atoms with van der Waals surface area (Å²) in [5.74, 6) is 0.134. The average Bonchev–Trinajstić information content (AvgIpc) is 3.33. The number of carbonyl (C=O) groups is 2. The molecule has 0 saturated heterocycles. The minimum atomic E-state index is -0.530. The summed E-state index contributed by atoms with van der Waals surface area (Å²) in [7, 11) is 4.46. The molecular weight excluding hydrogens is 430 g/mol. The summed E-state index contributed by atoms with van der Waals surface area (Å²) in [5.41, 5.74) is 2.49. The van der Waals surface area contributed by atoms with Crippen LogP contribution in [0.4, 0.5) is 5.69 Å². The zero-order valence-corrected chi connectivity index (χ0v) is 17.8. The van der Waals surface area contributed by atoms with Crippen LogP contribution in [-0.2, 0) is 0 Å². The van der Waals surface area contributed by atoms with Gasteiger partial charge in [-0.05, 0) is 35.4 Å². The first-order valence-corrected chi connectivity index (χ1v) is 9.80. The van der Waals surface area contributed by atoms with E-state index in [4.69, 9.17) is 14.2 Å². The van der Waals surface area contributed by atoms with Crippen LogP contribution in [0.2, 0.25) is 0 Å². The number of ether oxygens (including phenoxy) is 3. The van der Waals surface area contributed by atoms with Crippen molar-refractivity contribution in [3.8, 4) is 28.4 Å². The van der Waals surface area contributed by atoms with Crippen molar-refractivity contribution >= 4 is 39.3 Å². The fourth-order valence-electron chi connectivity index (χ4n) is 4.30. The van der Waals surface area contributed by atoms with E-state index in [2.05, 4.69) is 10.3 Å². The number of hydrogen-bond acceptors (Lipinski definition) is 7. The van der Waals surface area contributed by atoms with Crippen molar-refractivity contribution in [2.45, 2.75) is 0 Å². The molecule has 0 atom stereocenters. The number of amides is 2. The first-order chi connectivity index (χ1) is 15.9. The molecule has 166 valence electrons. The minimum Gasteiger partial charge on any atom is -0.493 e. The molecule has 1 aliphatic heterocycles. The highest BCUT2D eigenvalue weighted by Gasteiger charge is 2.32. The van der Waals surface area contributed by atoms with Gasteiger partial charge in [0.05, 0.1) is 42.9 Å². The largest absolute Gasteiger partial charge is 0.493 e. The van der Waals surface area contributed by atoms with Gasteiger partial charge in [0.2, 0.25) is 5.75 Å². The fraction of sp³-hybridized carbons (Fsp3) is 0.130. The lowest BCUT2D eigenvalue weighted by Crippen LogP contribution is -2.20. The molecule has 3 aromatic carbocycles. The van der Waals surface area contributed by atoms with Gasteiger partial charge in [-0.3, -0.25) is 25.0 Å².